The average Bonchev–Trinajstić information content (AvgIpc) is 3.28. The Morgan fingerprint density at radius 3 is 2.75 bits per heavy atom. The molecule has 126 valence electrons. The maximum Gasteiger partial charge on any atom is 0.167 e. The third-order valence-corrected chi connectivity index (χ3v) is 6.23. The summed E-state index contributed by atoms with van der Waals surface area (Å²) in [4.78, 5) is 15.5. The first-order chi connectivity index (χ1) is 11.6. The fourth-order valence-corrected chi connectivity index (χ4v) is 4.40. The molecule has 1 saturated heterocycles. The number of carbonyl (C=O) groups excluding carboxylic acids is 1. The number of hydrogen-bond donors (Lipinski definition) is 0. The SMILES string of the molecule is CC1CC1CN1CCCC(C(=O)c2ccc3cc(Br)ccc3c2)C1. The van der Waals surface area contributed by atoms with Gasteiger partial charge in [-0.05, 0) is 66.6 Å². The summed E-state index contributed by atoms with van der Waals surface area (Å²) in [5.41, 5.74) is 0.872. The van der Waals surface area contributed by atoms with Crippen molar-refractivity contribution in [2.45, 2.75) is 26.2 Å². The van der Waals surface area contributed by atoms with Crippen molar-refractivity contribution in [3.63, 3.8) is 0 Å². The summed E-state index contributed by atoms with van der Waals surface area (Å²) in [6.45, 7) is 5.64. The third kappa shape index (κ3) is 3.43. The van der Waals surface area contributed by atoms with Crippen LogP contribution < -0.4 is 0 Å². The number of halogens is 1. The predicted octanol–water partition coefficient (Wildman–Crippen LogP) is 5.15. The van der Waals surface area contributed by atoms with Crippen LogP contribution in [0.15, 0.2) is 40.9 Å². The molecule has 1 saturated carbocycles. The normalized spacial score (nSPS) is 27.3. The Morgan fingerprint density at radius 1 is 1.21 bits per heavy atom. The maximum absolute atomic E-state index is 13.0. The molecule has 2 aliphatic rings. The minimum absolute atomic E-state index is 0.167. The van der Waals surface area contributed by atoms with Crippen LogP contribution in [0.1, 0.15) is 36.5 Å². The largest absolute Gasteiger partial charge is 0.302 e. The van der Waals surface area contributed by atoms with E-state index >= 15 is 0 Å². The van der Waals surface area contributed by atoms with Gasteiger partial charge in [-0.25, -0.2) is 0 Å². The van der Waals surface area contributed by atoms with E-state index in [4.69, 9.17) is 0 Å². The Balaban J connectivity index is 1.49. The average molecular weight is 386 g/mol. The van der Waals surface area contributed by atoms with Gasteiger partial charge in [0, 0.05) is 29.0 Å². The number of likely N-dealkylation sites (tertiary alicyclic amines) is 1. The van der Waals surface area contributed by atoms with Crippen LogP contribution in [0.4, 0.5) is 0 Å². The molecule has 0 amide bonds. The molecule has 0 spiro atoms. The van der Waals surface area contributed by atoms with E-state index < -0.39 is 0 Å². The van der Waals surface area contributed by atoms with Crippen molar-refractivity contribution in [3.05, 3.63) is 46.4 Å². The molecule has 2 aromatic carbocycles. The Bertz CT molecular complexity index is 772. The van der Waals surface area contributed by atoms with Crippen molar-refractivity contribution in [2.24, 2.45) is 17.8 Å². The lowest BCUT2D eigenvalue weighted by atomic mass is 9.89. The fourth-order valence-electron chi connectivity index (χ4n) is 4.03. The summed E-state index contributed by atoms with van der Waals surface area (Å²) in [6, 6.07) is 12.3. The summed E-state index contributed by atoms with van der Waals surface area (Å²) < 4.78 is 1.08. The molecule has 3 heteroatoms. The van der Waals surface area contributed by atoms with Gasteiger partial charge in [-0.15, -0.1) is 0 Å². The van der Waals surface area contributed by atoms with Gasteiger partial charge in [0.05, 0.1) is 0 Å². The number of Topliss-reactive ketones (excluding diaryl/α,β-unsaturated/α-hetero) is 1. The summed E-state index contributed by atoms with van der Waals surface area (Å²) in [7, 11) is 0. The Labute approximate surface area is 152 Å². The van der Waals surface area contributed by atoms with Crippen LogP contribution in [0.25, 0.3) is 10.8 Å². The van der Waals surface area contributed by atoms with E-state index in [9.17, 15) is 4.79 Å². The molecule has 0 aromatic heterocycles. The van der Waals surface area contributed by atoms with Gasteiger partial charge in [-0.2, -0.15) is 0 Å². The molecule has 1 heterocycles. The minimum atomic E-state index is 0.167. The van der Waals surface area contributed by atoms with Crippen molar-refractivity contribution in [3.8, 4) is 0 Å². The quantitative estimate of drug-likeness (QED) is 0.677. The van der Waals surface area contributed by atoms with Gasteiger partial charge in [0.25, 0.3) is 0 Å². The van der Waals surface area contributed by atoms with Gasteiger partial charge in [0.1, 0.15) is 0 Å². The number of hydrogen-bond acceptors (Lipinski definition) is 2. The highest BCUT2D eigenvalue weighted by molar-refractivity contribution is 9.10. The first kappa shape index (κ1) is 16.3. The molecule has 2 nitrogen and oxygen atoms in total. The zero-order chi connectivity index (χ0) is 16.7. The van der Waals surface area contributed by atoms with E-state index in [0.717, 1.165) is 46.6 Å². The molecule has 3 atom stereocenters. The zero-order valence-electron chi connectivity index (χ0n) is 14.2. The van der Waals surface area contributed by atoms with Crippen LogP contribution in [-0.4, -0.2) is 30.3 Å². The molecule has 4 rings (SSSR count). The molecule has 1 aliphatic carbocycles. The summed E-state index contributed by atoms with van der Waals surface area (Å²) in [5.74, 6) is 2.26. The van der Waals surface area contributed by atoms with Crippen LogP contribution in [0.3, 0.4) is 0 Å². The predicted molar refractivity (Wildman–Crippen MR) is 102 cm³/mol. The van der Waals surface area contributed by atoms with Crippen molar-refractivity contribution < 1.29 is 4.79 Å². The van der Waals surface area contributed by atoms with E-state index in [0.29, 0.717) is 5.78 Å². The van der Waals surface area contributed by atoms with E-state index in [1.807, 2.05) is 12.1 Å². The highest BCUT2D eigenvalue weighted by Crippen LogP contribution is 2.39. The fraction of sp³-hybridized carbons (Fsp3) is 0.476. The van der Waals surface area contributed by atoms with Crippen LogP contribution in [0.2, 0.25) is 0 Å². The molecule has 3 unspecified atom stereocenters. The smallest absolute Gasteiger partial charge is 0.167 e. The zero-order valence-corrected chi connectivity index (χ0v) is 15.8. The second-order valence-electron chi connectivity index (χ2n) is 7.64. The maximum atomic E-state index is 13.0. The number of benzene rings is 2. The molecule has 0 N–H and O–H groups in total. The molecule has 0 bridgehead atoms. The van der Waals surface area contributed by atoms with Gasteiger partial charge >= 0.3 is 0 Å². The topological polar surface area (TPSA) is 20.3 Å². The van der Waals surface area contributed by atoms with Gasteiger partial charge < -0.3 is 4.90 Å². The van der Waals surface area contributed by atoms with Crippen molar-refractivity contribution in [1.82, 2.24) is 4.90 Å². The number of rotatable bonds is 4. The number of ketones is 1. The molecular weight excluding hydrogens is 362 g/mol. The summed E-state index contributed by atoms with van der Waals surface area (Å²) >= 11 is 3.51. The van der Waals surface area contributed by atoms with Gasteiger partial charge in [0.15, 0.2) is 5.78 Å². The third-order valence-electron chi connectivity index (χ3n) is 5.73. The van der Waals surface area contributed by atoms with Gasteiger partial charge in [-0.3, -0.25) is 4.79 Å². The molecule has 1 aliphatic heterocycles. The molecule has 0 radical (unpaired) electrons. The molecule has 2 aromatic rings. The molecule has 2 fully saturated rings. The molecular formula is C21H24BrNO. The van der Waals surface area contributed by atoms with Gasteiger partial charge in [0.2, 0.25) is 0 Å². The minimum Gasteiger partial charge on any atom is -0.302 e. The van der Waals surface area contributed by atoms with Crippen LogP contribution in [0, 0.1) is 17.8 Å². The van der Waals surface area contributed by atoms with Crippen LogP contribution >= 0.6 is 15.9 Å². The van der Waals surface area contributed by atoms with Crippen molar-refractivity contribution in [2.75, 3.05) is 19.6 Å². The van der Waals surface area contributed by atoms with E-state index in [1.165, 1.54) is 24.9 Å². The number of fused-ring (bicyclic) bond motifs is 1. The Hall–Kier alpha value is -1.19. The van der Waals surface area contributed by atoms with Crippen molar-refractivity contribution in [1.29, 1.82) is 0 Å². The standard InChI is InChI=1S/C21H24BrNO/c1-14-9-19(14)13-23-8-2-3-18(12-23)21(24)17-5-4-16-11-20(22)7-6-15(16)10-17/h4-7,10-11,14,18-19H,2-3,8-9,12-13H2,1H3. The van der Waals surface area contributed by atoms with E-state index in [1.54, 1.807) is 0 Å². The lowest BCUT2D eigenvalue weighted by Gasteiger charge is -2.32. The Morgan fingerprint density at radius 2 is 1.96 bits per heavy atom. The molecule has 24 heavy (non-hydrogen) atoms. The van der Waals surface area contributed by atoms with Crippen LogP contribution in [0.5, 0.6) is 0 Å². The second kappa shape index (κ2) is 6.61. The first-order valence-electron chi connectivity index (χ1n) is 9.06. The number of piperidine rings is 1. The number of carbonyl (C=O) groups is 1. The summed E-state index contributed by atoms with van der Waals surface area (Å²) in [5, 5.41) is 2.32. The lowest BCUT2D eigenvalue weighted by Crippen LogP contribution is -2.39. The van der Waals surface area contributed by atoms with Crippen molar-refractivity contribution >= 4 is 32.5 Å². The highest BCUT2D eigenvalue weighted by Gasteiger charge is 2.36. The lowest BCUT2D eigenvalue weighted by molar-refractivity contribution is 0.0813. The monoisotopic (exact) mass is 385 g/mol. The highest BCUT2D eigenvalue weighted by atomic mass is 79.9. The second-order valence-corrected chi connectivity index (χ2v) is 8.56. The van der Waals surface area contributed by atoms with Crippen LogP contribution in [-0.2, 0) is 0 Å². The first-order valence-corrected chi connectivity index (χ1v) is 9.85. The number of nitrogens with zero attached hydrogens (tertiary/aromatic N) is 1. The van der Waals surface area contributed by atoms with E-state index in [-0.39, 0.29) is 5.92 Å². The Kier molecular flexibility index (Phi) is 4.48. The summed E-state index contributed by atoms with van der Waals surface area (Å²) in [6.07, 6.45) is 3.56. The van der Waals surface area contributed by atoms with E-state index in [2.05, 4.69) is 52.0 Å². The van der Waals surface area contributed by atoms with Gasteiger partial charge in [-0.1, -0.05) is 41.1 Å².